The van der Waals surface area contributed by atoms with Gasteiger partial charge in [-0.25, -0.2) is 5.43 Å². The lowest BCUT2D eigenvalue weighted by Gasteiger charge is -2.07. The largest absolute Gasteiger partial charge is 0.494 e. The molecule has 0 heterocycles. The smallest absolute Gasteiger partial charge is 0.259 e. The van der Waals surface area contributed by atoms with Gasteiger partial charge in [0.25, 0.3) is 5.91 Å². The van der Waals surface area contributed by atoms with Crippen molar-refractivity contribution in [3.05, 3.63) is 84.4 Å². The number of anilines is 1. The molecule has 0 aliphatic rings. The third kappa shape index (κ3) is 6.70. The van der Waals surface area contributed by atoms with Crippen molar-refractivity contribution in [2.24, 2.45) is 5.10 Å². The lowest BCUT2D eigenvalue weighted by atomic mass is 10.2. The maximum atomic E-state index is 11.9. The minimum Gasteiger partial charge on any atom is -0.494 e. The van der Waals surface area contributed by atoms with E-state index in [1.807, 2.05) is 85.8 Å². The second-order valence-electron chi connectivity index (χ2n) is 6.09. The Labute approximate surface area is 170 Å². The molecule has 148 valence electrons. The molecule has 3 aromatic rings. The molecule has 1 amide bonds. The van der Waals surface area contributed by atoms with Crippen molar-refractivity contribution in [3.8, 4) is 17.2 Å². The van der Waals surface area contributed by atoms with Crippen molar-refractivity contribution >= 4 is 17.8 Å². The maximum absolute atomic E-state index is 11.9. The molecule has 0 fully saturated rings. The standard InChI is InChI=1S/C23H23N3O3/c1-2-28-20-13-11-19(12-14-20)24-17-23(27)26-25-16-18-7-6-10-22(15-18)29-21-8-4-3-5-9-21/h3-16,24H,2,17H2,1H3,(H,26,27)/b25-16-. The molecule has 0 bridgehead atoms. The zero-order valence-electron chi connectivity index (χ0n) is 16.2. The number of hydrazone groups is 1. The molecule has 0 radical (unpaired) electrons. The summed E-state index contributed by atoms with van der Waals surface area (Å²) >= 11 is 0. The predicted molar refractivity (Wildman–Crippen MR) is 115 cm³/mol. The summed E-state index contributed by atoms with van der Waals surface area (Å²) in [5.41, 5.74) is 4.15. The molecule has 0 saturated heterocycles. The topological polar surface area (TPSA) is 72.0 Å². The van der Waals surface area contributed by atoms with Crippen LogP contribution in [0.25, 0.3) is 0 Å². The number of hydrogen-bond acceptors (Lipinski definition) is 5. The molecule has 0 unspecified atom stereocenters. The summed E-state index contributed by atoms with van der Waals surface area (Å²) < 4.78 is 11.2. The number of carbonyl (C=O) groups is 1. The van der Waals surface area contributed by atoms with Crippen LogP contribution in [0.3, 0.4) is 0 Å². The molecule has 0 spiro atoms. The van der Waals surface area contributed by atoms with Crippen molar-refractivity contribution in [2.75, 3.05) is 18.5 Å². The lowest BCUT2D eigenvalue weighted by Crippen LogP contribution is -2.25. The average Bonchev–Trinajstić information content (AvgIpc) is 2.74. The van der Waals surface area contributed by atoms with E-state index in [1.165, 1.54) is 0 Å². The van der Waals surface area contributed by atoms with E-state index in [0.29, 0.717) is 12.4 Å². The van der Waals surface area contributed by atoms with Crippen LogP contribution < -0.4 is 20.2 Å². The Balaban J connectivity index is 1.46. The van der Waals surface area contributed by atoms with Gasteiger partial charge in [0.1, 0.15) is 17.2 Å². The van der Waals surface area contributed by atoms with Gasteiger partial charge in [0.2, 0.25) is 0 Å². The van der Waals surface area contributed by atoms with Gasteiger partial charge in [-0.3, -0.25) is 4.79 Å². The summed E-state index contributed by atoms with van der Waals surface area (Å²) in [6, 6.07) is 24.4. The quantitative estimate of drug-likeness (QED) is 0.419. The molecular weight excluding hydrogens is 366 g/mol. The third-order valence-electron chi connectivity index (χ3n) is 3.86. The van der Waals surface area contributed by atoms with E-state index in [-0.39, 0.29) is 12.5 Å². The normalized spacial score (nSPS) is 10.5. The number of para-hydroxylation sites is 1. The van der Waals surface area contributed by atoms with Crippen LogP contribution in [-0.2, 0) is 4.79 Å². The zero-order valence-corrected chi connectivity index (χ0v) is 16.2. The average molecular weight is 389 g/mol. The van der Waals surface area contributed by atoms with E-state index in [0.717, 1.165) is 22.7 Å². The van der Waals surface area contributed by atoms with E-state index >= 15 is 0 Å². The number of ether oxygens (including phenoxy) is 2. The first-order chi connectivity index (χ1) is 14.2. The summed E-state index contributed by atoms with van der Waals surface area (Å²) in [6.45, 7) is 2.67. The monoisotopic (exact) mass is 389 g/mol. The van der Waals surface area contributed by atoms with Gasteiger partial charge in [0, 0.05) is 5.69 Å². The van der Waals surface area contributed by atoms with E-state index in [2.05, 4.69) is 15.8 Å². The Kier molecular flexibility index (Phi) is 7.23. The third-order valence-corrected chi connectivity index (χ3v) is 3.86. The first-order valence-corrected chi connectivity index (χ1v) is 9.34. The zero-order chi connectivity index (χ0) is 20.3. The van der Waals surface area contributed by atoms with Crippen molar-refractivity contribution in [2.45, 2.75) is 6.92 Å². The van der Waals surface area contributed by atoms with Crippen molar-refractivity contribution in [1.29, 1.82) is 0 Å². The molecule has 0 atom stereocenters. The van der Waals surface area contributed by atoms with E-state index in [9.17, 15) is 4.79 Å². The summed E-state index contributed by atoms with van der Waals surface area (Å²) in [7, 11) is 0. The Hall–Kier alpha value is -3.80. The van der Waals surface area contributed by atoms with E-state index in [1.54, 1.807) is 6.21 Å². The van der Waals surface area contributed by atoms with Gasteiger partial charge in [-0.2, -0.15) is 5.10 Å². The summed E-state index contributed by atoms with van der Waals surface area (Å²) in [4.78, 5) is 11.9. The molecule has 3 rings (SSSR count). The van der Waals surface area contributed by atoms with Crippen molar-refractivity contribution in [3.63, 3.8) is 0 Å². The molecule has 0 aliphatic heterocycles. The molecule has 29 heavy (non-hydrogen) atoms. The fourth-order valence-corrected chi connectivity index (χ4v) is 2.52. The highest BCUT2D eigenvalue weighted by atomic mass is 16.5. The maximum Gasteiger partial charge on any atom is 0.259 e. The number of amides is 1. The molecule has 0 aromatic heterocycles. The number of hydrogen-bond donors (Lipinski definition) is 2. The fraction of sp³-hybridized carbons (Fsp3) is 0.130. The van der Waals surface area contributed by atoms with Crippen LogP contribution in [0.15, 0.2) is 84.0 Å². The van der Waals surface area contributed by atoms with Gasteiger partial charge in [-0.05, 0) is 61.0 Å². The highest BCUT2D eigenvalue weighted by molar-refractivity contribution is 5.84. The second-order valence-corrected chi connectivity index (χ2v) is 6.09. The lowest BCUT2D eigenvalue weighted by molar-refractivity contribution is -0.119. The summed E-state index contributed by atoms with van der Waals surface area (Å²) in [6.07, 6.45) is 1.58. The number of benzene rings is 3. The number of nitrogens with one attached hydrogen (secondary N) is 2. The second kappa shape index (κ2) is 10.5. The molecule has 0 aliphatic carbocycles. The van der Waals surface area contributed by atoms with Crippen LogP contribution in [0.2, 0.25) is 0 Å². The summed E-state index contributed by atoms with van der Waals surface area (Å²) in [5, 5.41) is 7.04. The van der Waals surface area contributed by atoms with Crippen LogP contribution in [0.4, 0.5) is 5.69 Å². The van der Waals surface area contributed by atoms with E-state index < -0.39 is 0 Å². The van der Waals surface area contributed by atoms with Crippen molar-refractivity contribution < 1.29 is 14.3 Å². The van der Waals surface area contributed by atoms with Gasteiger partial charge in [-0.15, -0.1) is 0 Å². The van der Waals surface area contributed by atoms with Gasteiger partial charge in [-0.1, -0.05) is 30.3 Å². The molecule has 2 N–H and O–H groups in total. The number of carbonyl (C=O) groups excluding carboxylic acids is 1. The van der Waals surface area contributed by atoms with E-state index in [4.69, 9.17) is 9.47 Å². The van der Waals surface area contributed by atoms with Crippen molar-refractivity contribution in [1.82, 2.24) is 5.43 Å². The predicted octanol–water partition coefficient (Wildman–Crippen LogP) is 4.44. The minimum absolute atomic E-state index is 0.114. The first kappa shape index (κ1) is 19.9. The Bertz CT molecular complexity index is 941. The first-order valence-electron chi connectivity index (χ1n) is 9.34. The van der Waals surface area contributed by atoms with Gasteiger partial charge >= 0.3 is 0 Å². The molecule has 3 aromatic carbocycles. The molecular formula is C23H23N3O3. The van der Waals surface area contributed by atoms with Gasteiger partial charge < -0.3 is 14.8 Å². The molecule has 6 nitrogen and oxygen atoms in total. The number of nitrogens with zero attached hydrogens (tertiary/aromatic N) is 1. The highest BCUT2D eigenvalue weighted by Crippen LogP contribution is 2.21. The van der Waals surface area contributed by atoms with Crippen LogP contribution >= 0.6 is 0 Å². The Morgan fingerprint density at radius 3 is 2.45 bits per heavy atom. The van der Waals surface area contributed by atoms with Gasteiger partial charge in [0.05, 0.1) is 19.4 Å². The highest BCUT2D eigenvalue weighted by Gasteiger charge is 2.01. The Morgan fingerprint density at radius 2 is 1.69 bits per heavy atom. The fourth-order valence-electron chi connectivity index (χ4n) is 2.52. The number of rotatable bonds is 9. The van der Waals surface area contributed by atoms with Crippen LogP contribution in [0, 0.1) is 0 Å². The summed E-state index contributed by atoms with van der Waals surface area (Å²) in [5.74, 6) is 2.01. The van der Waals surface area contributed by atoms with Gasteiger partial charge in [0.15, 0.2) is 0 Å². The molecule has 0 saturated carbocycles. The SMILES string of the molecule is CCOc1ccc(NCC(=O)N/N=C\c2cccc(Oc3ccccc3)c2)cc1. The van der Waals surface area contributed by atoms with Crippen LogP contribution in [0.5, 0.6) is 17.2 Å². The van der Waals surface area contributed by atoms with Crippen LogP contribution in [0.1, 0.15) is 12.5 Å². The minimum atomic E-state index is -0.244. The molecule has 6 heteroatoms. The Morgan fingerprint density at radius 1 is 0.931 bits per heavy atom. The van der Waals surface area contributed by atoms with Crippen LogP contribution in [-0.4, -0.2) is 25.3 Å².